The van der Waals surface area contributed by atoms with Crippen LogP contribution in [-0.2, 0) is 12.0 Å². The zero-order chi connectivity index (χ0) is 23.0. The van der Waals surface area contributed by atoms with Gasteiger partial charge in [0, 0.05) is 34.9 Å². The first-order valence-electron chi connectivity index (χ1n) is 11.3. The fourth-order valence-corrected chi connectivity index (χ4v) is 5.32. The number of anilines is 2. The van der Waals surface area contributed by atoms with Gasteiger partial charge in [-0.05, 0) is 86.4 Å². The fraction of sp³-hybridized carbons (Fsp3) is 0.296. The maximum Gasteiger partial charge on any atom is 0.326 e. The van der Waals surface area contributed by atoms with E-state index in [1.807, 2.05) is 49.4 Å². The number of piperidine rings is 1. The molecule has 0 radical (unpaired) electrons. The van der Waals surface area contributed by atoms with Crippen LogP contribution in [0.15, 0.2) is 66.7 Å². The van der Waals surface area contributed by atoms with Gasteiger partial charge in [0.05, 0.1) is 0 Å². The molecule has 0 atom stereocenters. The average molecular weight is 464 g/mol. The maximum atomic E-state index is 14.3. The summed E-state index contributed by atoms with van der Waals surface area (Å²) in [6.45, 7) is 5.18. The molecule has 170 valence electrons. The first-order chi connectivity index (χ1) is 15.9. The second-order valence-corrected chi connectivity index (χ2v) is 9.67. The van der Waals surface area contributed by atoms with Crippen molar-refractivity contribution < 1.29 is 9.18 Å². The molecule has 0 unspecified atom stereocenters. The van der Waals surface area contributed by atoms with E-state index in [9.17, 15) is 9.18 Å². The molecular weight excluding hydrogens is 437 g/mol. The van der Waals surface area contributed by atoms with Gasteiger partial charge in [0.15, 0.2) is 0 Å². The summed E-state index contributed by atoms with van der Waals surface area (Å²) >= 11 is 6.15. The van der Waals surface area contributed by atoms with Gasteiger partial charge in [-0.15, -0.1) is 0 Å². The van der Waals surface area contributed by atoms with Crippen molar-refractivity contribution in [3.8, 4) is 0 Å². The van der Waals surface area contributed by atoms with E-state index in [4.69, 9.17) is 11.6 Å². The molecule has 3 aromatic rings. The average Bonchev–Trinajstić information content (AvgIpc) is 3.10. The topological polar surface area (TPSA) is 35.6 Å². The Kier molecular flexibility index (Phi) is 5.85. The Morgan fingerprint density at radius 2 is 1.82 bits per heavy atom. The van der Waals surface area contributed by atoms with E-state index in [0.717, 1.165) is 60.0 Å². The standard InChI is InChI=1S/C27H27ClFN3O/c1-19-5-8-23(9-6-19)30-26(33)32-18-27(24-16-22(29)7-10-25(24)32)11-13-31(14-12-27)17-20-3-2-4-21(28)15-20/h2-10,15-16H,11-14,17-18H2,1H3,(H,30,33). The Morgan fingerprint density at radius 3 is 2.55 bits per heavy atom. The van der Waals surface area contributed by atoms with Crippen LogP contribution < -0.4 is 10.2 Å². The van der Waals surface area contributed by atoms with Crippen molar-refractivity contribution in [3.63, 3.8) is 0 Å². The van der Waals surface area contributed by atoms with E-state index in [1.54, 1.807) is 17.0 Å². The summed E-state index contributed by atoms with van der Waals surface area (Å²) in [6, 6.07) is 20.3. The summed E-state index contributed by atoms with van der Waals surface area (Å²) in [5.74, 6) is -0.254. The molecule has 2 aliphatic rings. The molecule has 6 heteroatoms. The molecule has 1 saturated heterocycles. The van der Waals surface area contributed by atoms with Gasteiger partial charge < -0.3 is 5.32 Å². The highest BCUT2D eigenvalue weighted by Gasteiger charge is 2.46. The number of benzene rings is 3. The third kappa shape index (κ3) is 4.48. The van der Waals surface area contributed by atoms with Crippen LogP contribution in [0.1, 0.15) is 29.5 Å². The van der Waals surface area contributed by atoms with Gasteiger partial charge in [-0.25, -0.2) is 9.18 Å². The number of hydrogen-bond acceptors (Lipinski definition) is 2. The van der Waals surface area contributed by atoms with Gasteiger partial charge in [-0.1, -0.05) is 41.4 Å². The molecule has 1 N–H and O–H groups in total. The maximum absolute atomic E-state index is 14.3. The molecule has 4 nitrogen and oxygen atoms in total. The van der Waals surface area contributed by atoms with Crippen molar-refractivity contribution in [2.24, 2.45) is 0 Å². The van der Waals surface area contributed by atoms with E-state index in [-0.39, 0.29) is 17.3 Å². The third-order valence-electron chi connectivity index (χ3n) is 6.94. The normalized spacial score (nSPS) is 17.2. The van der Waals surface area contributed by atoms with Gasteiger partial charge >= 0.3 is 6.03 Å². The Labute approximate surface area is 199 Å². The molecule has 0 aromatic heterocycles. The minimum atomic E-state index is -0.254. The molecule has 1 fully saturated rings. The molecule has 2 heterocycles. The van der Waals surface area contributed by atoms with Crippen LogP contribution in [0.4, 0.5) is 20.6 Å². The van der Waals surface area contributed by atoms with Crippen molar-refractivity contribution in [3.05, 3.63) is 94.3 Å². The lowest BCUT2D eigenvalue weighted by atomic mass is 9.74. The number of likely N-dealkylation sites (tertiary alicyclic amines) is 1. The summed E-state index contributed by atoms with van der Waals surface area (Å²) in [7, 11) is 0. The molecule has 5 rings (SSSR count). The summed E-state index contributed by atoms with van der Waals surface area (Å²) in [4.78, 5) is 17.4. The van der Waals surface area contributed by atoms with Crippen LogP contribution >= 0.6 is 11.6 Å². The molecule has 2 aliphatic heterocycles. The zero-order valence-corrected chi connectivity index (χ0v) is 19.4. The molecule has 2 amide bonds. The number of nitrogens with one attached hydrogen (secondary N) is 1. The predicted molar refractivity (Wildman–Crippen MR) is 132 cm³/mol. The van der Waals surface area contributed by atoms with Crippen molar-refractivity contribution in [1.82, 2.24) is 4.90 Å². The number of amides is 2. The van der Waals surface area contributed by atoms with E-state index in [1.165, 1.54) is 11.6 Å². The predicted octanol–water partition coefficient (Wildman–Crippen LogP) is 6.37. The molecule has 3 aromatic carbocycles. The van der Waals surface area contributed by atoms with Crippen LogP contribution in [0.25, 0.3) is 0 Å². The largest absolute Gasteiger partial charge is 0.326 e. The molecule has 33 heavy (non-hydrogen) atoms. The van der Waals surface area contributed by atoms with E-state index in [2.05, 4.69) is 16.3 Å². The lowest BCUT2D eigenvalue weighted by Gasteiger charge is -2.40. The lowest BCUT2D eigenvalue weighted by molar-refractivity contribution is 0.160. The Hall–Kier alpha value is -2.89. The van der Waals surface area contributed by atoms with Gasteiger partial charge in [0.2, 0.25) is 0 Å². The van der Waals surface area contributed by atoms with E-state index < -0.39 is 0 Å². The molecular formula is C27H27ClFN3O. The van der Waals surface area contributed by atoms with Gasteiger partial charge in [-0.3, -0.25) is 9.80 Å². The van der Waals surface area contributed by atoms with Crippen molar-refractivity contribution in [1.29, 1.82) is 0 Å². The summed E-state index contributed by atoms with van der Waals surface area (Å²) < 4.78 is 14.3. The molecule has 0 saturated carbocycles. The number of halogens is 2. The Morgan fingerprint density at radius 1 is 1.06 bits per heavy atom. The second kappa shape index (κ2) is 8.81. The first-order valence-corrected chi connectivity index (χ1v) is 11.7. The monoisotopic (exact) mass is 463 g/mol. The van der Waals surface area contributed by atoms with Crippen molar-refractivity contribution >= 4 is 29.0 Å². The minimum absolute atomic E-state index is 0.176. The third-order valence-corrected chi connectivity index (χ3v) is 7.17. The number of fused-ring (bicyclic) bond motifs is 2. The second-order valence-electron chi connectivity index (χ2n) is 9.23. The van der Waals surface area contributed by atoms with Crippen LogP contribution in [0.5, 0.6) is 0 Å². The number of hydrogen-bond donors (Lipinski definition) is 1. The summed E-state index contributed by atoms with van der Waals surface area (Å²) in [6.07, 6.45) is 1.75. The van der Waals surface area contributed by atoms with Gasteiger partial charge in [0.25, 0.3) is 0 Å². The van der Waals surface area contributed by atoms with Crippen molar-refractivity contribution in [2.45, 2.75) is 31.7 Å². The van der Waals surface area contributed by atoms with Crippen LogP contribution in [0.3, 0.4) is 0 Å². The van der Waals surface area contributed by atoms with E-state index in [0.29, 0.717) is 6.54 Å². The van der Waals surface area contributed by atoms with Crippen LogP contribution in [0.2, 0.25) is 5.02 Å². The molecule has 1 spiro atoms. The smallest absolute Gasteiger partial charge is 0.308 e. The first kappa shape index (κ1) is 21.9. The van der Waals surface area contributed by atoms with E-state index >= 15 is 0 Å². The Bertz CT molecular complexity index is 1170. The molecule has 0 aliphatic carbocycles. The number of carbonyl (C=O) groups excluding carboxylic acids is 1. The van der Waals surface area contributed by atoms with Crippen LogP contribution in [0, 0.1) is 12.7 Å². The number of nitrogens with zero attached hydrogens (tertiary/aromatic N) is 2. The highest BCUT2D eigenvalue weighted by molar-refractivity contribution is 6.30. The fourth-order valence-electron chi connectivity index (χ4n) is 5.11. The number of carbonyl (C=O) groups is 1. The lowest BCUT2D eigenvalue weighted by Crippen LogP contribution is -2.46. The van der Waals surface area contributed by atoms with Gasteiger partial charge in [0.1, 0.15) is 5.82 Å². The minimum Gasteiger partial charge on any atom is -0.308 e. The molecule has 0 bridgehead atoms. The number of urea groups is 1. The summed E-state index contributed by atoms with van der Waals surface area (Å²) in [5, 5.41) is 3.75. The Balaban J connectivity index is 1.34. The van der Waals surface area contributed by atoms with Crippen molar-refractivity contribution in [2.75, 3.05) is 29.9 Å². The van der Waals surface area contributed by atoms with Gasteiger partial charge in [-0.2, -0.15) is 0 Å². The number of rotatable bonds is 3. The quantitative estimate of drug-likeness (QED) is 0.489. The zero-order valence-electron chi connectivity index (χ0n) is 18.7. The summed E-state index contributed by atoms with van der Waals surface area (Å²) in [5.41, 5.74) is 4.61. The highest BCUT2D eigenvalue weighted by Crippen LogP contribution is 2.47. The highest BCUT2D eigenvalue weighted by atomic mass is 35.5. The SMILES string of the molecule is Cc1ccc(NC(=O)N2CC3(CCN(Cc4cccc(Cl)c4)CC3)c3cc(F)ccc32)cc1. The number of aryl methyl sites for hydroxylation is 1. The van der Waals surface area contributed by atoms with Crippen LogP contribution in [-0.4, -0.2) is 30.6 Å².